The van der Waals surface area contributed by atoms with Crippen molar-refractivity contribution in [3.63, 3.8) is 0 Å². The SMILES string of the molecule is Nc1ncc(C(=O)N2CCCCCCC2)cc1Cl. The Kier molecular flexibility index (Phi) is 4.42. The Hall–Kier alpha value is -1.29. The topological polar surface area (TPSA) is 59.2 Å². The molecule has 1 fully saturated rings. The zero-order chi connectivity index (χ0) is 13.0. The molecule has 1 aliphatic rings. The molecule has 1 aromatic rings. The Labute approximate surface area is 112 Å². The summed E-state index contributed by atoms with van der Waals surface area (Å²) in [4.78, 5) is 18.1. The van der Waals surface area contributed by atoms with Crippen LogP contribution in [0, 0.1) is 0 Å². The van der Waals surface area contributed by atoms with E-state index in [1.54, 1.807) is 6.07 Å². The van der Waals surface area contributed by atoms with Crippen LogP contribution in [0.1, 0.15) is 42.5 Å². The zero-order valence-corrected chi connectivity index (χ0v) is 11.1. The number of nitrogen functional groups attached to an aromatic ring is 1. The van der Waals surface area contributed by atoms with Gasteiger partial charge in [0.2, 0.25) is 0 Å². The molecular weight excluding hydrogens is 250 g/mol. The number of pyridine rings is 1. The lowest BCUT2D eigenvalue weighted by molar-refractivity contribution is 0.0742. The fraction of sp³-hybridized carbons (Fsp3) is 0.538. The van der Waals surface area contributed by atoms with Crippen LogP contribution in [0.25, 0.3) is 0 Å². The fourth-order valence-corrected chi connectivity index (χ4v) is 2.36. The number of amides is 1. The van der Waals surface area contributed by atoms with Crippen molar-refractivity contribution in [1.29, 1.82) is 0 Å². The van der Waals surface area contributed by atoms with Crippen molar-refractivity contribution in [1.82, 2.24) is 9.88 Å². The molecule has 0 spiro atoms. The van der Waals surface area contributed by atoms with Gasteiger partial charge in [-0.25, -0.2) is 4.98 Å². The predicted molar refractivity (Wildman–Crippen MR) is 72.6 cm³/mol. The standard InChI is InChI=1S/C13H18ClN3O/c14-11-8-10(9-16-12(11)15)13(18)17-6-4-2-1-3-5-7-17/h8-9H,1-7H2,(H2,15,16). The highest BCUT2D eigenvalue weighted by molar-refractivity contribution is 6.33. The van der Waals surface area contributed by atoms with Crippen molar-refractivity contribution < 1.29 is 4.79 Å². The lowest BCUT2D eigenvalue weighted by Gasteiger charge is -2.24. The molecule has 2 rings (SSSR count). The normalized spacial score (nSPS) is 17.1. The molecule has 1 saturated heterocycles. The van der Waals surface area contributed by atoms with Crippen LogP contribution in [0.15, 0.2) is 12.3 Å². The number of likely N-dealkylation sites (tertiary alicyclic amines) is 1. The maximum absolute atomic E-state index is 12.3. The summed E-state index contributed by atoms with van der Waals surface area (Å²) >= 11 is 5.90. The molecule has 0 radical (unpaired) electrons. The Morgan fingerprint density at radius 1 is 1.22 bits per heavy atom. The highest BCUT2D eigenvalue weighted by atomic mass is 35.5. The molecule has 5 heteroatoms. The minimum atomic E-state index is 0.00583. The van der Waals surface area contributed by atoms with Gasteiger partial charge in [-0.3, -0.25) is 4.79 Å². The van der Waals surface area contributed by atoms with E-state index in [0.29, 0.717) is 10.6 Å². The largest absolute Gasteiger partial charge is 0.382 e. The van der Waals surface area contributed by atoms with Gasteiger partial charge in [0.25, 0.3) is 5.91 Å². The van der Waals surface area contributed by atoms with Crippen molar-refractivity contribution in [2.24, 2.45) is 0 Å². The molecule has 98 valence electrons. The number of hydrogen-bond donors (Lipinski definition) is 1. The van der Waals surface area contributed by atoms with Gasteiger partial charge < -0.3 is 10.6 Å². The molecule has 1 aliphatic heterocycles. The summed E-state index contributed by atoms with van der Waals surface area (Å²) in [6, 6.07) is 1.60. The van der Waals surface area contributed by atoms with E-state index in [4.69, 9.17) is 17.3 Å². The molecule has 4 nitrogen and oxygen atoms in total. The number of carbonyl (C=O) groups is 1. The van der Waals surface area contributed by atoms with Gasteiger partial charge in [-0.15, -0.1) is 0 Å². The summed E-state index contributed by atoms with van der Waals surface area (Å²) < 4.78 is 0. The third-order valence-electron chi connectivity index (χ3n) is 3.26. The van der Waals surface area contributed by atoms with Crippen LogP contribution < -0.4 is 5.73 Å². The first-order chi connectivity index (χ1) is 8.68. The van der Waals surface area contributed by atoms with Crippen LogP contribution in [-0.2, 0) is 0 Å². The molecule has 0 atom stereocenters. The Balaban J connectivity index is 2.10. The number of halogens is 1. The number of nitrogens with two attached hydrogens (primary N) is 1. The van der Waals surface area contributed by atoms with Crippen LogP contribution >= 0.6 is 11.6 Å². The van der Waals surface area contributed by atoms with Gasteiger partial charge in [0.05, 0.1) is 10.6 Å². The Morgan fingerprint density at radius 2 is 1.83 bits per heavy atom. The first kappa shape index (κ1) is 13.1. The van der Waals surface area contributed by atoms with Crippen molar-refractivity contribution in [3.8, 4) is 0 Å². The predicted octanol–water partition coefficient (Wildman–Crippen LogP) is 2.72. The fourth-order valence-electron chi connectivity index (χ4n) is 2.20. The van der Waals surface area contributed by atoms with Crippen molar-refractivity contribution in [3.05, 3.63) is 22.8 Å². The highest BCUT2D eigenvalue weighted by Crippen LogP contribution is 2.19. The van der Waals surface area contributed by atoms with E-state index in [-0.39, 0.29) is 11.7 Å². The highest BCUT2D eigenvalue weighted by Gasteiger charge is 2.17. The molecule has 1 aromatic heterocycles. The van der Waals surface area contributed by atoms with E-state index in [2.05, 4.69) is 4.98 Å². The zero-order valence-electron chi connectivity index (χ0n) is 10.4. The van der Waals surface area contributed by atoms with Crippen LogP contribution in [0.4, 0.5) is 5.82 Å². The minimum absolute atomic E-state index is 0.00583. The quantitative estimate of drug-likeness (QED) is 0.851. The first-order valence-corrected chi connectivity index (χ1v) is 6.76. The maximum atomic E-state index is 12.3. The number of rotatable bonds is 1. The van der Waals surface area contributed by atoms with E-state index in [1.807, 2.05) is 4.90 Å². The van der Waals surface area contributed by atoms with Gasteiger partial charge in [0.15, 0.2) is 0 Å². The molecule has 1 amide bonds. The maximum Gasteiger partial charge on any atom is 0.255 e. The van der Waals surface area contributed by atoms with Gasteiger partial charge >= 0.3 is 0 Å². The first-order valence-electron chi connectivity index (χ1n) is 6.39. The Morgan fingerprint density at radius 3 is 2.44 bits per heavy atom. The summed E-state index contributed by atoms with van der Waals surface area (Å²) in [5, 5.41) is 0.341. The molecule has 0 unspecified atom stereocenters. The number of anilines is 1. The number of carbonyl (C=O) groups excluding carboxylic acids is 1. The van der Waals surface area contributed by atoms with Gasteiger partial charge in [-0.05, 0) is 18.9 Å². The van der Waals surface area contributed by atoms with E-state index in [1.165, 1.54) is 25.5 Å². The van der Waals surface area contributed by atoms with Crippen molar-refractivity contribution in [2.75, 3.05) is 18.8 Å². The molecule has 18 heavy (non-hydrogen) atoms. The average molecular weight is 268 g/mol. The second-order valence-electron chi connectivity index (χ2n) is 4.65. The van der Waals surface area contributed by atoms with Crippen LogP contribution in [0.5, 0.6) is 0 Å². The van der Waals surface area contributed by atoms with E-state index >= 15 is 0 Å². The number of aromatic nitrogens is 1. The molecule has 2 heterocycles. The van der Waals surface area contributed by atoms with Crippen molar-refractivity contribution >= 4 is 23.3 Å². The van der Waals surface area contributed by atoms with Crippen LogP contribution in [0.2, 0.25) is 5.02 Å². The summed E-state index contributed by atoms with van der Waals surface area (Å²) in [6.07, 6.45) is 7.32. The lowest BCUT2D eigenvalue weighted by atomic mass is 10.1. The summed E-state index contributed by atoms with van der Waals surface area (Å²) in [5.41, 5.74) is 6.07. The summed E-state index contributed by atoms with van der Waals surface area (Å²) in [7, 11) is 0. The monoisotopic (exact) mass is 267 g/mol. The van der Waals surface area contributed by atoms with Gasteiger partial charge in [0.1, 0.15) is 5.82 Å². The second-order valence-corrected chi connectivity index (χ2v) is 5.06. The van der Waals surface area contributed by atoms with Gasteiger partial charge in [-0.1, -0.05) is 30.9 Å². The molecular formula is C13H18ClN3O. The molecule has 0 saturated carbocycles. The van der Waals surface area contributed by atoms with E-state index in [9.17, 15) is 4.79 Å². The molecule has 0 aliphatic carbocycles. The third kappa shape index (κ3) is 3.13. The molecule has 0 aromatic carbocycles. The number of nitrogens with zero attached hydrogens (tertiary/aromatic N) is 2. The van der Waals surface area contributed by atoms with E-state index in [0.717, 1.165) is 25.9 Å². The van der Waals surface area contributed by atoms with Gasteiger partial charge in [0, 0.05) is 19.3 Å². The summed E-state index contributed by atoms with van der Waals surface area (Å²) in [6.45, 7) is 1.64. The summed E-state index contributed by atoms with van der Waals surface area (Å²) in [5.74, 6) is 0.271. The number of hydrogen-bond acceptors (Lipinski definition) is 3. The lowest BCUT2D eigenvalue weighted by Crippen LogP contribution is -2.33. The van der Waals surface area contributed by atoms with Crippen LogP contribution in [0.3, 0.4) is 0 Å². The van der Waals surface area contributed by atoms with Gasteiger partial charge in [-0.2, -0.15) is 0 Å². The van der Waals surface area contributed by atoms with Crippen LogP contribution in [-0.4, -0.2) is 28.9 Å². The Bertz CT molecular complexity index is 428. The minimum Gasteiger partial charge on any atom is -0.382 e. The molecule has 0 bridgehead atoms. The average Bonchev–Trinajstić information content (AvgIpc) is 2.31. The molecule has 2 N–H and O–H groups in total. The van der Waals surface area contributed by atoms with E-state index < -0.39 is 0 Å². The second kappa shape index (κ2) is 6.05. The smallest absolute Gasteiger partial charge is 0.255 e. The third-order valence-corrected chi connectivity index (χ3v) is 3.56. The van der Waals surface area contributed by atoms with Crippen molar-refractivity contribution in [2.45, 2.75) is 32.1 Å².